The molecule has 0 N–H and O–H groups in total. The Morgan fingerprint density at radius 3 is 2.38 bits per heavy atom. The van der Waals surface area contributed by atoms with Crippen molar-refractivity contribution in [3.8, 4) is 0 Å². The van der Waals surface area contributed by atoms with Gasteiger partial charge in [-0.05, 0) is 42.5 Å². The zero-order chi connectivity index (χ0) is 16.5. The van der Waals surface area contributed by atoms with E-state index in [4.69, 9.17) is 0 Å². The first kappa shape index (κ1) is 14.9. The van der Waals surface area contributed by atoms with Crippen LogP contribution < -0.4 is 0 Å². The van der Waals surface area contributed by atoms with Crippen LogP contribution in [0, 0.1) is 0 Å². The highest BCUT2D eigenvalue weighted by Gasteiger charge is 2.25. The summed E-state index contributed by atoms with van der Waals surface area (Å²) in [6, 6.07) is 14.4. The Hall–Kier alpha value is -2.62. The normalized spacial score (nSPS) is 14.5. The Morgan fingerprint density at radius 1 is 1.04 bits per heavy atom. The molecule has 1 amide bonds. The van der Waals surface area contributed by atoms with Crippen LogP contribution in [-0.4, -0.2) is 33.3 Å². The molecule has 0 spiro atoms. The highest BCUT2D eigenvalue weighted by molar-refractivity contribution is 5.94. The minimum Gasteiger partial charge on any atom is -0.337 e. The lowest BCUT2D eigenvalue weighted by molar-refractivity contribution is 0.0755. The Balaban J connectivity index is 1.67. The van der Waals surface area contributed by atoms with E-state index in [1.54, 1.807) is 0 Å². The Bertz CT molecular complexity index is 870. The van der Waals surface area contributed by atoms with E-state index >= 15 is 0 Å². The van der Waals surface area contributed by atoms with E-state index in [1.165, 1.54) is 11.1 Å². The number of carbonyl (C=O) groups excluding carboxylic acids is 1. The molecule has 0 aliphatic carbocycles. The van der Waals surface area contributed by atoms with Gasteiger partial charge in [0.05, 0.1) is 5.69 Å². The minimum atomic E-state index is 0.0957. The Labute approximate surface area is 141 Å². The third kappa shape index (κ3) is 2.48. The molecule has 0 fully saturated rings. The third-order valence-electron chi connectivity index (χ3n) is 4.85. The molecule has 0 radical (unpaired) electrons. The summed E-state index contributed by atoms with van der Waals surface area (Å²) in [5, 5.41) is 0. The van der Waals surface area contributed by atoms with Crippen molar-refractivity contribution < 1.29 is 4.79 Å². The van der Waals surface area contributed by atoms with Crippen molar-refractivity contribution in [1.82, 2.24) is 14.3 Å². The zero-order valence-electron chi connectivity index (χ0n) is 13.9. The Kier molecular flexibility index (Phi) is 3.81. The second kappa shape index (κ2) is 6.11. The summed E-state index contributed by atoms with van der Waals surface area (Å²) >= 11 is 0. The molecule has 4 rings (SSSR count). The fraction of sp³-hybridized carbons (Fsp3) is 0.300. The molecule has 0 unspecified atom stereocenters. The van der Waals surface area contributed by atoms with Gasteiger partial charge < -0.3 is 4.90 Å². The number of pyridine rings is 1. The minimum absolute atomic E-state index is 0.0957. The average Bonchev–Trinajstić information content (AvgIpc) is 2.86. The van der Waals surface area contributed by atoms with E-state index in [2.05, 4.69) is 36.2 Å². The summed E-state index contributed by atoms with van der Waals surface area (Å²) in [6.07, 6.45) is 4.53. The molecular formula is C20H21N3O. The molecule has 0 saturated heterocycles. The van der Waals surface area contributed by atoms with Gasteiger partial charge in [-0.25, -0.2) is 4.98 Å². The van der Waals surface area contributed by atoms with Crippen molar-refractivity contribution in [2.45, 2.75) is 26.2 Å². The molecule has 0 bridgehead atoms. The predicted molar refractivity (Wildman–Crippen MR) is 94.3 cm³/mol. The molecule has 1 aliphatic heterocycles. The number of aromatic nitrogens is 2. The van der Waals surface area contributed by atoms with E-state index in [9.17, 15) is 4.79 Å². The van der Waals surface area contributed by atoms with Gasteiger partial charge in [-0.2, -0.15) is 0 Å². The monoisotopic (exact) mass is 319 g/mol. The molecule has 3 heterocycles. The van der Waals surface area contributed by atoms with Gasteiger partial charge in [0, 0.05) is 19.3 Å². The lowest BCUT2D eigenvalue weighted by Gasteiger charge is -2.20. The van der Waals surface area contributed by atoms with Crippen molar-refractivity contribution in [3.05, 3.63) is 71.2 Å². The second-order valence-corrected chi connectivity index (χ2v) is 6.25. The van der Waals surface area contributed by atoms with Crippen LogP contribution in [0.1, 0.15) is 34.2 Å². The molecule has 0 atom stereocenters. The lowest BCUT2D eigenvalue weighted by atomic mass is 10.0. The highest BCUT2D eigenvalue weighted by atomic mass is 16.2. The standard InChI is InChI=1S/C20H21N3O/c1-2-17-19(23-12-6-5-9-18(23)21-17)20(24)22-13-10-15-7-3-4-8-16(15)11-14-22/h3-9,12H,2,10-11,13-14H2,1H3. The van der Waals surface area contributed by atoms with Gasteiger partial charge in [0.2, 0.25) is 0 Å². The predicted octanol–water partition coefficient (Wildman–Crippen LogP) is 3.14. The van der Waals surface area contributed by atoms with Gasteiger partial charge in [0.15, 0.2) is 0 Å². The fourth-order valence-corrected chi connectivity index (χ4v) is 3.54. The number of benzene rings is 1. The summed E-state index contributed by atoms with van der Waals surface area (Å²) < 4.78 is 1.93. The van der Waals surface area contributed by atoms with Gasteiger partial charge in [0.25, 0.3) is 5.91 Å². The number of nitrogens with zero attached hydrogens (tertiary/aromatic N) is 3. The van der Waals surface area contributed by atoms with Gasteiger partial charge in [-0.1, -0.05) is 37.3 Å². The number of amides is 1. The molecule has 2 aromatic heterocycles. The SMILES string of the molecule is CCc1nc2ccccn2c1C(=O)N1CCc2ccccc2CC1. The molecule has 24 heavy (non-hydrogen) atoms. The third-order valence-corrected chi connectivity index (χ3v) is 4.85. The van der Waals surface area contributed by atoms with Crippen molar-refractivity contribution >= 4 is 11.6 Å². The van der Waals surface area contributed by atoms with Crippen LogP contribution in [0.25, 0.3) is 5.65 Å². The van der Waals surface area contributed by atoms with Crippen LogP contribution in [-0.2, 0) is 19.3 Å². The van der Waals surface area contributed by atoms with Gasteiger partial charge >= 0.3 is 0 Å². The molecule has 122 valence electrons. The number of hydrogen-bond donors (Lipinski definition) is 0. The molecule has 3 aromatic rings. The topological polar surface area (TPSA) is 37.6 Å². The van der Waals surface area contributed by atoms with Crippen LogP contribution >= 0.6 is 0 Å². The first-order valence-electron chi connectivity index (χ1n) is 8.60. The molecule has 4 nitrogen and oxygen atoms in total. The van der Waals surface area contributed by atoms with E-state index < -0.39 is 0 Å². The van der Waals surface area contributed by atoms with Gasteiger partial charge in [-0.15, -0.1) is 0 Å². The highest BCUT2D eigenvalue weighted by Crippen LogP contribution is 2.20. The van der Waals surface area contributed by atoms with Crippen molar-refractivity contribution in [1.29, 1.82) is 0 Å². The number of rotatable bonds is 2. The molecule has 1 aliphatic rings. The van der Waals surface area contributed by atoms with Crippen LogP contribution in [0.4, 0.5) is 0 Å². The molecule has 1 aromatic carbocycles. The molecular weight excluding hydrogens is 298 g/mol. The van der Waals surface area contributed by atoms with Gasteiger partial charge in [-0.3, -0.25) is 9.20 Å². The van der Waals surface area contributed by atoms with Crippen molar-refractivity contribution in [2.24, 2.45) is 0 Å². The van der Waals surface area contributed by atoms with Crippen molar-refractivity contribution in [2.75, 3.05) is 13.1 Å². The number of hydrogen-bond acceptors (Lipinski definition) is 2. The first-order chi connectivity index (χ1) is 11.8. The van der Waals surface area contributed by atoms with E-state index in [0.717, 1.165) is 49.4 Å². The lowest BCUT2D eigenvalue weighted by Crippen LogP contribution is -2.34. The maximum atomic E-state index is 13.2. The summed E-state index contributed by atoms with van der Waals surface area (Å²) in [5.74, 6) is 0.0957. The average molecular weight is 319 g/mol. The van der Waals surface area contributed by atoms with Crippen LogP contribution in [0.15, 0.2) is 48.7 Å². The largest absolute Gasteiger partial charge is 0.337 e. The number of fused-ring (bicyclic) bond motifs is 2. The Morgan fingerprint density at radius 2 is 1.71 bits per heavy atom. The number of imidazole rings is 1. The van der Waals surface area contributed by atoms with Crippen LogP contribution in [0.5, 0.6) is 0 Å². The maximum Gasteiger partial charge on any atom is 0.272 e. The van der Waals surface area contributed by atoms with E-state index in [0.29, 0.717) is 0 Å². The number of carbonyl (C=O) groups is 1. The van der Waals surface area contributed by atoms with E-state index in [-0.39, 0.29) is 5.91 Å². The van der Waals surface area contributed by atoms with Gasteiger partial charge in [0.1, 0.15) is 11.3 Å². The quantitative estimate of drug-likeness (QED) is 0.728. The summed E-state index contributed by atoms with van der Waals surface area (Å²) in [5.41, 5.74) is 5.17. The zero-order valence-corrected chi connectivity index (χ0v) is 13.9. The summed E-state index contributed by atoms with van der Waals surface area (Å²) in [7, 11) is 0. The van der Waals surface area contributed by atoms with Crippen molar-refractivity contribution in [3.63, 3.8) is 0 Å². The smallest absolute Gasteiger partial charge is 0.272 e. The fourth-order valence-electron chi connectivity index (χ4n) is 3.54. The summed E-state index contributed by atoms with van der Waals surface area (Å²) in [4.78, 5) is 19.8. The maximum absolute atomic E-state index is 13.2. The number of aryl methyl sites for hydroxylation is 1. The second-order valence-electron chi connectivity index (χ2n) is 6.25. The van der Waals surface area contributed by atoms with Crippen LogP contribution in [0.3, 0.4) is 0 Å². The first-order valence-corrected chi connectivity index (χ1v) is 8.60. The molecule has 4 heteroatoms. The van der Waals surface area contributed by atoms with E-state index in [1.807, 2.05) is 33.7 Å². The summed E-state index contributed by atoms with van der Waals surface area (Å²) in [6.45, 7) is 3.58. The molecule has 0 saturated carbocycles. The van der Waals surface area contributed by atoms with Crippen LogP contribution in [0.2, 0.25) is 0 Å².